The number of nitrogens with one attached hydrogen (secondary N) is 1. The number of hydrogen-bond acceptors (Lipinski definition) is 5. The number of hydrazone groups is 1. The molecule has 0 heterocycles. The van der Waals surface area contributed by atoms with E-state index in [4.69, 9.17) is 16.3 Å². The van der Waals surface area contributed by atoms with Crippen LogP contribution in [0.15, 0.2) is 47.6 Å². The Labute approximate surface area is 136 Å². The second-order valence-corrected chi connectivity index (χ2v) is 4.80. The molecule has 0 saturated carbocycles. The zero-order chi connectivity index (χ0) is 16.8. The lowest BCUT2D eigenvalue weighted by Gasteiger charge is -2.07. The molecular weight excluding hydrogens is 322 g/mol. The largest absolute Gasteiger partial charge is 0.496 e. The Bertz CT molecular complexity index is 777. The molecule has 0 bridgehead atoms. The number of para-hydroxylation sites is 1. The van der Waals surface area contributed by atoms with Gasteiger partial charge >= 0.3 is 0 Å². The van der Waals surface area contributed by atoms with Crippen LogP contribution in [0.5, 0.6) is 5.75 Å². The summed E-state index contributed by atoms with van der Waals surface area (Å²) in [5.41, 5.74) is 2.66. The first-order chi connectivity index (χ1) is 11.0. The van der Waals surface area contributed by atoms with Crippen LogP contribution in [-0.4, -0.2) is 24.2 Å². The summed E-state index contributed by atoms with van der Waals surface area (Å²) >= 11 is 5.85. The van der Waals surface area contributed by atoms with E-state index in [1.54, 1.807) is 24.3 Å². The van der Waals surface area contributed by atoms with Crippen LogP contribution in [0.4, 0.5) is 5.69 Å². The van der Waals surface area contributed by atoms with E-state index in [1.807, 2.05) is 0 Å². The van der Waals surface area contributed by atoms with Crippen LogP contribution in [0.25, 0.3) is 0 Å². The summed E-state index contributed by atoms with van der Waals surface area (Å²) in [5, 5.41) is 15.0. The summed E-state index contributed by atoms with van der Waals surface area (Å²) in [5.74, 6) is -0.202. The first-order valence-electron chi connectivity index (χ1n) is 6.43. The Morgan fingerprint density at radius 3 is 2.78 bits per heavy atom. The number of nitro groups is 1. The minimum Gasteiger partial charge on any atom is -0.496 e. The van der Waals surface area contributed by atoms with Gasteiger partial charge < -0.3 is 4.74 Å². The molecule has 0 fully saturated rings. The highest BCUT2D eigenvalue weighted by Crippen LogP contribution is 2.22. The summed E-state index contributed by atoms with van der Waals surface area (Å²) in [6.45, 7) is 0. The SMILES string of the molecule is COc1ccc(Cl)cc1C(=O)N/N=C/c1ccccc1[N+](=O)[O-]. The van der Waals surface area contributed by atoms with Crippen molar-refractivity contribution in [1.82, 2.24) is 5.43 Å². The number of ether oxygens (including phenoxy) is 1. The van der Waals surface area contributed by atoms with E-state index in [0.717, 1.165) is 0 Å². The van der Waals surface area contributed by atoms with Crippen LogP contribution in [0.1, 0.15) is 15.9 Å². The molecule has 23 heavy (non-hydrogen) atoms. The molecule has 0 aliphatic heterocycles. The van der Waals surface area contributed by atoms with E-state index in [-0.39, 0.29) is 16.8 Å². The minimum atomic E-state index is -0.542. The summed E-state index contributed by atoms with van der Waals surface area (Å²) < 4.78 is 5.08. The van der Waals surface area contributed by atoms with Crippen LogP contribution in [0.2, 0.25) is 5.02 Å². The normalized spacial score (nSPS) is 10.5. The molecule has 118 valence electrons. The Morgan fingerprint density at radius 2 is 2.09 bits per heavy atom. The van der Waals surface area contributed by atoms with E-state index in [0.29, 0.717) is 10.8 Å². The maximum Gasteiger partial charge on any atom is 0.278 e. The van der Waals surface area contributed by atoms with Gasteiger partial charge in [0, 0.05) is 11.1 Å². The molecule has 0 radical (unpaired) electrons. The number of hydrogen-bond donors (Lipinski definition) is 1. The molecule has 1 N–H and O–H groups in total. The van der Waals surface area contributed by atoms with Gasteiger partial charge in [-0.15, -0.1) is 0 Å². The van der Waals surface area contributed by atoms with Gasteiger partial charge in [-0.1, -0.05) is 23.7 Å². The molecule has 0 aliphatic rings. The van der Waals surface area contributed by atoms with Crippen LogP contribution < -0.4 is 10.2 Å². The zero-order valence-electron chi connectivity index (χ0n) is 12.0. The van der Waals surface area contributed by atoms with Crippen molar-refractivity contribution >= 4 is 29.4 Å². The number of carbonyl (C=O) groups is 1. The van der Waals surface area contributed by atoms with E-state index >= 15 is 0 Å². The van der Waals surface area contributed by atoms with Crippen molar-refractivity contribution < 1.29 is 14.5 Å². The van der Waals surface area contributed by atoms with Crippen molar-refractivity contribution in [2.24, 2.45) is 5.10 Å². The molecule has 0 atom stereocenters. The highest BCUT2D eigenvalue weighted by atomic mass is 35.5. The van der Waals surface area contributed by atoms with E-state index < -0.39 is 10.8 Å². The van der Waals surface area contributed by atoms with Crippen molar-refractivity contribution in [3.63, 3.8) is 0 Å². The Hall–Kier alpha value is -2.93. The third-order valence-corrected chi connectivity index (χ3v) is 3.14. The number of methoxy groups -OCH3 is 1. The highest BCUT2D eigenvalue weighted by Gasteiger charge is 2.13. The summed E-state index contributed by atoms with van der Waals surface area (Å²) in [7, 11) is 1.43. The fourth-order valence-corrected chi connectivity index (χ4v) is 2.01. The van der Waals surface area contributed by atoms with Gasteiger partial charge in [0.2, 0.25) is 0 Å². The third kappa shape index (κ3) is 4.04. The zero-order valence-corrected chi connectivity index (χ0v) is 12.8. The third-order valence-electron chi connectivity index (χ3n) is 2.91. The molecule has 2 aromatic carbocycles. The van der Waals surface area contributed by atoms with Gasteiger partial charge in [0.05, 0.1) is 29.4 Å². The number of nitrogens with zero attached hydrogens (tertiary/aromatic N) is 2. The lowest BCUT2D eigenvalue weighted by Crippen LogP contribution is -2.18. The van der Waals surface area contributed by atoms with Gasteiger partial charge in [0.25, 0.3) is 11.6 Å². The standard InChI is InChI=1S/C15H12ClN3O4/c1-23-14-7-6-11(16)8-12(14)15(20)18-17-9-10-4-2-3-5-13(10)19(21)22/h2-9H,1H3,(H,18,20)/b17-9+. The van der Waals surface area contributed by atoms with Crippen molar-refractivity contribution in [2.45, 2.75) is 0 Å². The predicted molar refractivity (Wildman–Crippen MR) is 86.2 cm³/mol. The number of amides is 1. The van der Waals surface area contributed by atoms with Crippen molar-refractivity contribution in [3.05, 3.63) is 68.7 Å². The Morgan fingerprint density at radius 1 is 1.35 bits per heavy atom. The molecule has 0 spiro atoms. The molecule has 0 aromatic heterocycles. The Balaban J connectivity index is 2.17. The van der Waals surface area contributed by atoms with Gasteiger partial charge in [-0.3, -0.25) is 14.9 Å². The number of halogens is 1. The quantitative estimate of drug-likeness (QED) is 0.517. The first-order valence-corrected chi connectivity index (χ1v) is 6.81. The molecule has 1 amide bonds. The fraction of sp³-hybridized carbons (Fsp3) is 0.0667. The predicted octanol–water partition coefficient (Wildman–Crippen LogP) is 3.02. The van der Waals surface area contributed by atoms with Crippen molar-refractivity contribution in [1.29, 1.82) is 0 Å². The average molecular weight is 334 g/mol. The monoisotopic (exact) mass is 333 g/mol. The molecule has 2 aromatic rings. The maximum atomic E-state index is 12.1. The van der Waals surface area contributed by atoms with Crippen LogP contribution in [-0.2, 0) is 0 Å². The van der Waals surface area contributed by atoms with E-state index in [1.165, 1.54) is 31.5 Å². The topological polar surface area (TPSA) is 93.8 Å². The minimum absolute atomic E-state index is 0.106. The van der Waals surface area contributed by atoms with Crippen molar-refractivity contribution in [3.8, 4) is 5.75 Å². The molecule has 8 heteroatoms. The fourth-order valence-electron chi connectivity index (χ4n) is 1.84. The number of rotatable bonds is 5. The van der Waals surface area contributed by atoms with Gasteiger partial charge in [-0.05, 0) is 24.3 Å². The van der Waals surface area contributed by atoms with Gasteiger partial charge in [0.1, 0.15) is 5.75 Å². The van der Waals surface area contributed by atoms with E-state index in [9.17, 15) is 14.9 Å². The second kappa shape index (κ2) is 7.37. The molecule has 0 unspecified atom stereocenters. The number of carbonyl (C=O) groups excluding carboxylic acids is 1. The van der Waals surface area contributed by atoms with E-state index in [2.05, 4.69) is 10.5 Å². The smallest absolute Gasteiger partial charge is 0.278 e. The van der Waals surface area contributed by atoms with Gasteiger partial charge in [-0.2, -0.15) is 5.10 Å². The summed E-state index contributed by atoms with van der Waals surface area (Å²) in [6, 6.07) is 10.6. The van der Waals surface area contributed by atoms with Crippen molar-refractivity contribution in [2.75, 3.05) is 7.11 Å². The lowest BCUT2D eigenvalue weighted by molar-refractivity contribution is -0.385. The van der Waals surface area contributed by atoms with Gasteiger partial charge in [0.15, 0.2) is 0 Å². The van der Waals surface area contributed by atoms with Crippen LogP contribution in [0.3, 0.4) is 0 Å². The summed E-state index contributed by atoms with van der Waals surface area (Å²) in [6.07, 6.45) is 1.20. The molecule has 0 saturated heterocycles. The lowest BCUT2D eigenvalue weighted by atomic mass is 10.2. The average Bonchev–Trinajstić information content (AvgIpc) is 2.55. The molecule has 2 rings (SSSR count). The maximum absolute atomic E-state index is 12.1. The van der Waals surface area contributed by atoms with Crippen LogP contribution >= 0.6 is 11.6 Å². The summed E-state index contributed by atoms with van der Waals surface area (Å²) in [4.78, 5) is 22.5. The first kappa shape index (κ1) is 16.4. The molecule has 7 nitrogen and oxygen atoms in total. The Kier molecular flexibility index (Phi) is 5.27. The van der Waals surface area contributed by atoms with Gasteiger partial charge in [-0.25, -0.2) is 5.43 Å². The second-order valence-electron chi connectivity index (χ2n) is 4.36. The molecule has 0 aliphatic carbocycles. The highest BCUT2D eigenvalue weighted by molar-refractivity contribution is 6.31. The number of nitro benzene ring substituents is 1. The molecular formula is C15H12ClN3O4. The number of benzene rings is 2. The van der Waals surface area contributed by atoms with Crippen LogP contribution in [0, 0.1) is 10.1 Å².